The summed E-state index contributed by atoms with van der Waals surface area (Å²) in [5.74, 6) is 2.85. The second-order valence-corrected chi connectivity index (χ2v) is 4.57. The van der Waals surface area contributed by atoms with Crippen LogP contribution in [0, 0.1) is 5.92 Å². The van der Waals surface area contributed by atoms with Gasteiger partial charge in [-0.25, -0.2) is 4.98 Å². The molecule has 0 unspecified atom stereocenters. The number of nitrogens with zero attached hydrogens (tertiary/aromatic N) is 1. The van der Waals surface area contributed by atoms with Crippen LogP contribution in [0.4, 0.5) is 0 Å². The third-order valence-corrected chi connectivity index (χ3v) is 3.44. The van der Waals surface area contributed by atoms with Crippen molar-refractivity contribution in [1.82, 2.24) is 9.97 Å². The van der Waals surface area contributed by atoms with E-state index < -0.39 is 0 Å². The van der Waals surface area contributed by atoms with Crippen molar-refractivity contribution in [2.45, 2.75) is 25.7 Å². The molecule has 3 nitrogen and oxygen atoms in total. The maximum absolute atomic E-state index is 5.20. The Morgan fingerprint density at radius 3 is 3.00 bits per heavy atom. The average molecular weight is 216 g/mol. The molecule has 1 N–H and O–H groups in total. The van der Waals surface area contributed by atoms with Crippen molar-refractivity contribution in [3.63, 3.8) is 0 Å². The average Bonchev–Trinajstić information content (AvgIpc) is 2.64. The van der Waals surface area contributed by atoms with Crippen molar-refractivity contribution in [1.29, 1.82) is 0 Å². The van der Waals surface area contributed by atoms with Gasteiger partial charge in [0.15, 0.2) is 0 Å². The van der Waals surface area contributed by atoms with Crippen LogP contribution < -0.4 is 4.74 Å². The van der Waals surface area contributed by atoms with Crippen molar-refractivity contribution in [2.24, 2.45) is 5.92 Å². The number of hydrogen-bond acceptors (Lipinski definition) is 2. The molecule has 1 aliphatic rings. The van der Waals surface area contributed by atoms with Crippen LogP contribution in [-0.4, -0.2) is 17.1 Å². The van der Waals surface area contributed by atoms with Crippen LogP contribution in [0.1, 0.15) is 25.1 Å². The standard InChI is InChI=1S/C13H16N2O/c1-16-10-5-6-11-12(8-10)15-13(14-11)7-9-3-2-4-9/h5-6,8-9H,2-4,7H2,1H3,(H,14,15). The van der Waals surface area contributed by atoms with Crippen molar-refractivity contribution in [3.8, 4) is 5.75 Å². The number of H-pyrrole nitrogens is 1. The van der Waals surface area contributed by atoms with E-state index in [-0.39, 0.29) is 0 Å². The number of hydrogen-bond donors (Lipinski definition) is 1. The van der Waals surface area contributed by atoms with Crippen molar-refractivity contribution in [3.05, 3.63) is 24.0 Å². The van der Waals surface area contributed by atoms with Crippen LogP contribution in [0.5, 0.6) is 5.75 Å². The van der Waals surface area contributed by atoms with E-state index >= 15 is 0 Å². The second kappa shape index (κ2) is 3.81. The first-order valence-electron chi connectivity index (χ1n) is 5.88. The molecule has 0 spiro atoms. The molecule has 1 aromatic carbocycles. The smallest absolute Gasteiger partial charge is 0.121 e. The Kier molecular flexibility index (Phi) is 2.31. The summed E-state index contributed by atoms with van der Waals surface area (Å²) in [5.41, 5.74) is 2.11. The van der Waals surface area contributed by atoms with Gasteiger partial charge < -0.3 is 9.72 Å². The minimum Gasteiger partial charge on any atom is -0.497 e. The van der Waals surface area contributed by atoms with Crippen molar-refractivity contribution >= 4 is 11.0 Å². The Morgan fingerprint density at radius 1 is 1.44 bits per heavy atom. The molecule has 3 heteroatoms. The Bertz CT molecular complexity index is 500. The largest absolute Gasteiger partial charge is 0.497 e. The predicted octanol–water partition coefficient (Wildman–Crippen LogP) is 2.91. The molecule has 1 aromatic heterocycles. The topological polar surface area (TPSA) is 37.9 Å². The second-order valence-electron chi connectivity index (χ2n) is 4.57. The Labute approximate surface area is 94.8 Å². The minimum atomic E-state index is 0.849. The van der Waals surface area contributed by atoms with Crippen molar-refractivity contribution in [2.75, 3.05) is 7.11 Å². The molecule has 0 atom stereocenters. The van der Waals surface area contributed by atoms with Crippen LogP contribution >= 0.6 is 0 Å². The summed E-state index contributed by atoms with van der Waals surface area (Å²) in [4.78, 5) is 7.98. The van der Waals surface area contributed by atoms with Gasteiger partial charge in [-0.05, 0) is 18.1 Å². The van der Waals surface area contributed by atoms with E-state index in [9.17, 15) is 0 Å². The molecular weight excluding hydrogens is 200 g/mol. The normalized spacial score (nSPS) is 16.3. The van der Waals surface area contributed by atoms with E-state index in [1.165, 1.54) is 19.3 Å². The third-order valence-electron chi connectivity index (χ3n) is 3.44. The van der Waals surface area contributed by atoms with Gasteiger partial charge in [-0.1, -0.05) is 19.3 Å². The Balaban J connectivity index is 1.89. The molecule has 84 valence electrons. The first-order chi connectivity index (χ1) is 7.85. The molecule has 0 amide bonds. The fourth-order valence-electron chi connectivity index (χ4n) is 2.24. The van der Waals surface area contributed by atoms with Gasteiger partial charge in [0.05, 0.1) is 18.1 Å². The molecule has 1 heterocycles. The zero-order valence-electron chi connectivity index (χ0n) is 9.49. The minimum absolute atomic E-state index is 0.849. The SMILES string of the molecule is COc1ccc2nc(CC3CCC3)[nH]c2c1. The monoisotopic (exact) mass is 216 g/mol. The maximum Gasteiger partial charge on any atom is 0.121 e. The van der Waals surface area contributed by atoms with Crippen molar-refractivity contribution < 1.29 is 4.74 Å². The van der Waals surface area contributed by atoms with Crippen LogP contribution in [-0.2, 0) is 6.42 Å². The summed E-state index contributed by atoms with van der Waals surface area (Å²) in [7, 11) is 1.69. The lowest BCUT2D eigenvalue weighted by Gasteiger charge is -2.23. The van der Waals surface area contributed by atoms with Gasteiger partial charge in [-0.2, -0.15) is 0 Å². The van der Waals surface area contributed by atoms with Crippen LogP contribution in [0.2, 0.25) is 0 Å². The number of benzene rings is 1. The number of fused-ring (bicyclic) bond motifs is 1. The summed E-state index contributed by atoms with van der Waals surface area (Å²) in [6, 6.07) is 5.97. The lowest BCUT2D eigenvalue weighted by Crippen LogP contribution is -2.14. The Hall–Kier alpha value is -1.51. The molecule has 0 saturated heterocycles. The molecule has 1 saturated carbocycles. The van der Waals surface area contributed by atoms with E-state index in [0.717, 1.165) is 34.9 Å². The highest BCUT2D eigenvalue weighted by atomic mass is 16.5. The van der Waals surface area contributed by atoms with E-state index in [2.05, 4.69) is 9.97 Å². The summed E-state index contributed by atoms with van der Waals surface area (Å²) in [6.07, 6.45) is 5.20. The zero-order valence-corrected chi connectivity index (χ0v) is 9.49. The predicted molar refractivity (Wildman–Crippen MR) is 63.7 cm³/mol. The quantitative estimate of drug-likeness (QED) is 0.856. The molecule has 2 aromatic rings. The van der Waals surface area contributed by atoms with Gasteiger partial charge in [0.1, 0.15) is 11.6 Å². The van der Waals surface area contributed by atoms with Crippen LogP contribution in [0.3, 0.4) is 0 Å². The number of imidazole rings is 1. The van der Waals surface area contributed by atoms with E-state index in [1.54, 1.807) is 7.11 Å². The lowest BCUT2D eigenvalue weighted by molar-refractivity contribution is 0.310. The van der Waals surface area contributed by atoms with E-state index in [4.69, 9.17) is 4.74 Å². The molecular formula is C13H16N2O. The van der Waals surface area contributed by atoms with Gasteiger partial charge in [0.25, 0.3) is 0 Å². The van der Waals surface area contributed by atoms with Gasteiger partial charge in [0, 0.05) is 12.5 Å². The number of nitrogens with one attached hydrogen (secondary N) is 1. The fourth-order valence-corrected chi connectivity index (χ4v) is 2.24. The highest BCUT2D eigenvalue weighted by molar-refractivity contribution is 5.76. The van der Waals surface area contributed by atoms with Gasteiger partial charge in [-0.3, -0.25) is 0 Å². The molecule has 0 radical (unpaired) electrons. The van der Waals surface area contributed by atoms with Gasteiger partial charge in [0.2, 0.25) is 0 Å². The first kappa shape index (κ1) is 9.70. The fraction of sp³-hybridized carbons (Fsp3) is 0.462. The van der Waals surface area contributed by atoms with Crippen LogP contribution in [0.15, 0.2) is 18.2 Å². The Morgan fingerprint density at radius 2 is 2.31 bits per heavy atom. The number of methoxy groups -OCH3 is 1. The zero-order chi connectivity index (χ0) is 11.0. The maximum atomic E-state index is 5.20. The first-order valence-corrected chi connectivity index (χ1v) is 5.88. The molecule has 1 aliphatic carbocycles. The highest BCUT2D eigenvalue weighted by Crippen LogP contribution is 2.29. The number of aromatic nitrogens is 2. The van der Waals surface area contributed by atoms with Crippen LogP contribution in [0.25, 0.3) is 11.0 Å². The third kappa shape index (κ3) is 1.66. The lowest BCUT2D eigenvalue weighted by atomic mass is 9.83. The van der Waals surface area contributed by atoms with E-state index in [1.807, 2.05) is 18.2 Å². The van der Waals surface area contributed by atoms with Gasteiger partial charge >= 0.3 is 0 Å². The molecule has 0 aliphatic heterocycles. The summed E-state index contributed by atoms with van der Waals surface area (Å²) in [5, 5.41) is 0. The molecule has 16 heavy (non-hydrogen) atoms. The molecule has 0 bridgehead atoms. The molecule has 1 fully saturated rings. The summed E-state index contributed by atoms with van der Waals surface area (Å²) in [6.45, 7) is 0. The number of rotatable bonds is 3. The van der Waals surface area contributed by atoms with Gasteiger partial charge in [-0.15, -0.1) is 0 Å². The number of ether oxygens (including phenoxy) is 1. The molecule has 3 rings (SSSR count). The number of aromatic amines is 1. The summed E-state index contributed by atoms with van der Waals surface area (Å²) < 4.78 is 5.20. The van der Waals surface area contributed by atoms with E-state index in [0.29, 0.717) is 0 Å². The highest BCUT2D eigenvalue weighted by Gasteiger charge is 2.19. The summed E-state index contributed by atoms with van der Waals surface area (Å²) >= 11 is 0.